The van der Waals surface area contributed by atoms with Gasteiger partial charge in [0.1, 0.15) is 0 Å². The van der Waals surface area contributed by atoms with Crippen LogP contribution in [0.3, 0.4) is 0 Å². The van der Waals surface area contributed by atoms with Crippen LogP contribution in [-0.4, -0.2) is 28.3 Å². The smallest absolute Gasteiger partial charge is 0.0898 e. The van der Waals surface area contributed by atoms with Crippen LogP contribution in [0.5, 0.6) is 0 Å². The van der Waals surface area contributed by atoms with Gasteiger partial charge in [-0.05, 0) is 18.1 Å². The Kier molecular flexibility index (Phi) is 2.84. The summed E-state index contributed by atoms with van der Waals surface area (Å²) in [5.74, 6) is 2.24. The van der Waals surface area contributed by atoms with Gasteiger partial charge in [0.25, 0.3) is 0 Å². The number of hydrogen-bond acceptors (Lipinski definition) is 3. The largest absolute Gasteiger partial charge is 0.387 e. The summed E-state index contributed by atoms with van der Waals surface area (Å²) in [5.41, 5.74) is 5.31. The second kappa shape index (κ2) is 3.33. The molecule has 3 heteroatoms. The van der Waals surface area contributed by atoms with Crippen molar-refractivity contribution in [2.45, 2.75) is 31.9 Å². The average molecular weight is 175 g/mol. The molecule has 66 valence electrons. The van der Waals surface area contributed by atoms with Crippen molar-refractivity contribution in [2.24, 2.45) is 11.7 Å². The van der Waals surface area contributed by atoms with E-state index in [1.165, 1.54) is 0 Å². The first kappa shape index (κ1) is 9.36. The van der Waals surface area contributed by atoms with E-state index in [4.69, 9.17) is 5.73 Å². The van der Waals surface area contributed by atoms with Crippen LogP contribution in [0, 0.1) is 5.92 Å². The van der Waals surface area contributed by atoms with Crippen LogP contribution < -0.4 is 5.73 Å². The molecule has 3 N–H and O–H groups in total. The number of rotatable bonds is 2. The zero-order chi connectivity index (χ0) is 8.48. The Morgan fingerprint density at radius 3 is 2.55 bits per heavy atom. The molecule has 1 aliphatic heterocycles. The maximum Gasteiger partial charge on any atom is 0.0898 e. The summed E-state index contributed by atoms with van der Waals surface area (Å²) >= 11 is 1.80. The molecule has 1 saturated heterocycles. The van der Waals surface area contributed by atoms with E-state index in [-0.39, 0.29) is 6.04 Å². The average Bonchev–Trinajstić information content (AvgIpc) is 2.35. The summed E-state index contributed by atoms with van der Waals surface area (Å²) in [6.45, 7) is 4.12. The summed E-state index contributed by atoms with van der Waals surface area (Å²) in [5, 5.41) is 9.98. The molecule has 0 saturated carbocycles. The lowest BCUT2D eigenvalue weighted by atomic mass is 9.86. The summed E-state index contributed by atoms with van der Waals surface area (Å²) in [4.78, 5) is 0. The van der Waals surface area contributed by atoms with Crippen LogP contribution in [0.1, 0.15) is 20.3 Å². The lowest BCUT2D eigenvalue weighted by Gasteiger charge is -2.31. The van der Waals surface area contributed by atoms with E-state index >= 15 is 0 Å². The van der Waals surface area contributed by atoms with Gasteiger partial charge in [-0.2, -0.15) is 11.8 Å². The van der Waals surface area contributed by atoms with Gasteiger partial charge in [-0.15, -0.1) is 0 Å². The van der Waals surface area contributed by atoms with Gasteiger partial charge >= 0.3 is 0 Å². The summed E-state index contributed by atoms with van der Waals surface area (Å²) < 4.78 is 0. The minimum atomic E-state index is -0.584. The Balaban J connectivity index is 2.56. The van der Waals surface area contributed by atoms with E-state index in [1.54, 1.807) is 11.8 Å². The first-order valence-electron chi connectivity index (χ1n) is 4.12. The van der Waals surface area contributed by atoms with Gasteiger partial charge in [-0.3, -0.25) is 0 Å². The third-order valence-corrected chi connectivity index (χ3v) is 3.57. The standard InChI is InChI=1S/C8H17NOS/c1-6(2)7(9)8(10)3-4-11-5-8/h6-7,10H,3-5,9H2,1-2H3. The molecule has 0 spiro atoms. The first-order valence-corrected chi connectivity index (χ1v) is 5.27. The van der Waals surface area contributed by atoms with Gasteiger partial charge in [0.15, 0.2) is 0 Å². The molecule has 2 unspecified atom stereocenters. The molecule has 2 atom stereocenters. The molecule has 1 aliphatic rings. The monoisotopic (exact) mass is 175 g/mol. The van der Waals surface area contributed by atoms with Crippen molar-refractivity contribution in [3.63, 3.8) is 0 Å². The van der Waals surface area contributed by atoms with Gasteiger partial charge < -0.3 is 10.8 Å². The highest BCUT2D eigenvalue weighted by Gasteiger charge is 2.39. The second-order valence-electron chi connectivity index (χ2n) is 3.68. The predicted molar refractivity (Wildman–Crippen MR) is 49.7 cm³/mol. The molecule has 0 aliphatic carbocycles. The van der Waals surface area contributed by atoms with Gasteiger partial charge in [0.05, 0.1) is 5.60 Å². The Bertz CT molecular complexity index is 132. The summed E-state index contributed by atoms with van der Waals surface area (Å²) in [6, 6.07) is -0.0579. The van der Waals surface area contributed by atoms with Crippen LogP contribution in [0.25, 0.3) is 0 Å². The predicted octanol–water partition coefficient (Wildman–Crippen LogP) is 0.838. The SMILES string of the molecule is CC(C)C(N)C1(O)CCSC1. The van der Waals surface area contributed by atoms with Gasteiger partial charge in [0.2, 0.25) is 0 Å². The summed E-state index contributed by atoms with van der Waals surface area (Å²) in [7, 11) is 0. The highest BCUT2D eigenvalue weighted by Crippen LogP contribution is 2.32. The van der Waals surface area contributed by atoms with E-state index in [2.05, 4.69) is 13.8 Å². The molecule has 0 aromatic heterocycles. The number of nitrogens with two attached hydrogens (primary N) is 1. The normalized spacial score (nSPS) is 34.6. The highest BCUT2D eigenvalue weighted by molar-refractivity contribution is 7.99. The molecular formula is C8H17NOS. The van der Waals surface area contributed by atoms with E-state index in [1.807, 2.05) is 0 Å². The van der Waals surface area contributed by atoms with E-state index < -0.39 is 5.60 Å². The van der Waals surface area contributed by atoms with E-state index in [9.17, 15) is 5.11 Å². The van der Waals surface area contributed by atoms with Crippen molar-refractivity contribution < 1.29 is 5.11 Å². The number of hydrogen-bond donors (Lipinski definition) is 2. The van der Waals surface area contributed by atoms with Crippen molar-refractivity contribution >= 4 is 11.8 Å². The fourth-order valence-electron chi connectivity index (χ4n) is 1.45. The third-order valence-electron chi connectivity index (χ3n) is 2.37. The zero-order valence-electron chi connectivity index (χ0n) is 7.21. The lowest BCUT2D eigenvalue weighted by molar-refractivity contribution is 0.0253. The van der Waals surface area contributed by atoms with Crippen LogP contribution in [0.4, 0.5) is 0 Å². The fraction of sp³-hybridized carbons (Fsp3) is 1.00. The van der Waals surface area contributed by atoms with Crippen LogP contribution in [0.2, 0.25) is 0 Å². The number of aliphatic hydroxyl groups is 1. The molecule has 0 aromatic carbocycles. The second-order valence-corrected chi connectivity index (χ2v) is 4.78. The van der Waals surface area contributed by atoms with Crippen molar-refractivity contribution in [1.29, 1.82) is 0 Å². The Hall–Kier alpha value is 0.270. The van der Waals surface area contributed by atoms with Crippen molar-refractivity contribution in [2.75, 3.05) is 11.5 Å². The Morgan fingerprint density at radius 1 is 1.55 bits per heavy atom. The maximum atomic E-state index is 9.98. The molecule has 1 rings (SSSR count). The molecule has 11 heavy (non-hydrogen) atoms. The summed E-state index contributed by atoms with van der Waals surface area (Å²) in [6.07, 6.45) is 0.858. The topological polar surface area (TPSA) is 46.2 Å². The molecule has 0 aromatic rings. The molecule has 0 bridgehead atoms. The lowest BCUT2D eigenvalue weighted by Crippen LogP contribution is -2.51. The van der Waals surface area contributed by atoms with E-state index in [0.29, 0.717) is 5.92 Å². The Morgan fingerprint density at radius 2 is 2.18 bits per heavy atom. The highest BCUT2D eigenvalue weighted by atomic mass is 32.2. The van der Waals surface area contributed by atoms with Crippen molar-refractivity contribution in [1.82, 2.24) is 0 Å². The van der Waals surface area contributed by atoms with Crippen molar-refractivity contribution in [3.8, 4) is 0 Å². The fourth-order valence-corrected chi connectivity index (χ4v) is 2.79. The van der Waals surface area contributed by atoms with Crippen LogP contribution in [-0.2, 0) is 0 Å². The quantitative estimate of drug-likeness (QED) is 0.653. The molecule has 2 nitrogen and oxygen atoms in total. The third kappa shape index (κ3) is 1.89. The van der Waals surface area contributed by atoms with Gasteiger partial charge in [-0.25, -0.2) is 0 Å². The molecule has 0 amide bonds. The molecule has 1 fully saturated rings. The van der Waals surface area contributed by atoms with E-state index in [0.717, 1.165) is 17.9 Å². The number of thioether (sulfide) groups is 1. The minimum Gasteiger partial charge on any atom is -0.387 e. The van der Waals surface area contributed by atoms with Gasteiger partial charge in [-0.1, -0.05) is 13.8 Å². The maximum absolute atomic E-state index is 9.98. The van der Waals surface area contributed by atoms with Crippen LogP contribution in [0.15, 0.2) is 0 Å². The van der Waals surface area contributed by atoms with Crippen LogP contribution >= 0.6 is 11.8 Å². The minimum absolute atomic E-state index is 0.0579. The molecular weight excluding hydrogens is 158 g/mol. The first-order chi connectivity index (χ1) is 5.06. The van der Waals surface area contributed by atoms with Crippen molar-refractivity contribution in [3.05, 3.63) is 0 Å². The van der Waals surface area contributed by atoms with Gasteiger partial charge in [0, 0.05) is 11.8 Å². The Labute approximate surface area is 72.5 Å². The molecule has 0 radical (unpaired) electrons. The molecule has 1 heterocycles. The zero-order valence-corrected chi connectivity index (χ0v) is 8.03.